The molecule has 0 unspecified atom stereocenters. The maximum Gasteiger partial charge on any atom is 0.0522 e. The number of hydrogen-bond donors (Lipinski definition) is 0. The molecule has 0 atom stereocenters. The lowest BCUT2D eigenvalue weighted by atomic mass is 10.4. The van der Waals surface area contributed by atoms with Crippen molar-refractivity contribution in [1.29, 1.82) is 0 Å². The predicted octanol–water partition coefficient (Wildman–Crippen LogP) is 2.40. The molecule has 0 aliphatic carbocycles. The molecule has 2 heteroatoms. The quantitative estimate of drug-likeness (QED) is 0.638. The molecule has 0 N–H and O–H groups in total. The molecule has 0 radical (unpaired) electrons. The molecule has 8 heavy (non-hydrogen) atoms. The highest BCUT2D eigenvalue weighted by atomic mass is 79.9. The third kappa shape index (κ3) is 9.67. The summed E-state index contributed by atoms with van der Waals surface area (Å²) in [5.74, 6) is 0. The van der Waals surface area contributed by atoms with Gasteiger partial charge in [-0.15, -0.1) is 17.0 Å². The minimum Gasteiger partial charge on any atom is -0.376 e. The highest BCUT2D eigenvalue weighted by Gasteiger charge is 1.94. The fourth-order valence-electron chi connectivity index (χ4n) is 0.544. The second kappa shape index (κ2) is 5.57. The van der Waals surface area contributed by atoms with E-state index in [0.29, 0.717) is 12.2 Å². The summed E-state index contributed by atoms with van der Waals surface area (Å²) in [6.45, 7) is 8.17. The largest absolute Gasteiger partial charge is 0.376 e. The number of rotatable bonds is 2. The van der Waals surface area contributed by atoms with Gasteiger partial charge in [0.05, 0.1) is 12.2 Å². The summed E-state index contributed by atoms with van der Waals surface area (Å²) in [7, 11) is 0. The van der Waals surface area contributed by atoms with Crippen LogP contribution >= 0.6 is 17.0 Å². The first-order valence-electron chi connectivity index (χ1n) is 2.78. The Bertz CT molecular complexity index is 37.8. The van der Waals surface area contributed by atoms with Crippen LogP contribution in [0.2, 0.25) is 0 Å². The lowest BCUT2D eigenvalue weighted by Crippen LogP contribution is -2.09. The standard InChI is InChI=1S/C6H14O.BrH/c1-5(2)7-6(3)4;/h5-6H,1-4H3;1H. The van der Waals surface area contributed by atoms with Gasteiger partial charge in [0.1, 0.15) is 0 Å². The third-order valence-corrected chi connectivity index (χ3v) is 0.544. The van der Waals surface area contributed by atoms with Gasteiger partial charge in [-0.25, -0.2) is 0 Å². The van der Waals surface area contributed by atoms with E-state index in [1.54, 1.807) is 0 Å². The van der Waals surface area contributed by atoms with Crippen LogP contribution in [0, 0.1) is 0 Å². The van der Waals surface area contributed by atoms with Gasteiger partial charge < -0.3 is 4.74 Å². The summed E-state index contributed by atoms with van der Waals surface area (Å²) >= 11 is 0. The molecular formula is C6H15BrO. The fourth-order valence-corrected chi connectivity index (χ4v) is 0.544. The number of hydrogen-bond acceptors (Lipinski definition) is 1. The van der Waals surface area contributed by atoms with Crippen molar-refractivity contribution in [1.82, 2.24) is 0 Å². The Kier molecular flexibility index (Phi) is 7.85. The topological polar surface area (TPSA) is 9.23 Å². The van der Waals surface area contributed by atoms with Gasteiger partial charge in [-0.3, -0.25) is 0 Å². The highest BCUT2D eigenvalue weighted by Crippen LogP contribution is 1.93. The molecule has 0 aliphatic heterocycles. The summed E-state index contributed by atoms with van der Waals surface area (Å²) in [6, 6.07) is 0. The van der Waals surface area contributed by atoms with Crippen LogP contribution in [0.15, 0.2) is 0 Å². The number of halogens is 1. The van der Waals surface area contributed by atoms with Gasteiger partial charge in [0.15, 0.2) is 0 Å². The van der Waals surface area contributed by atoms with Crippen LogP contribution in [0.5, 0.6) is 0 Å². The minimum atomic E-state index is 0. The normalized spacial score (nSPS) is 9.75. The Morgan fingerprint density at radius 1 is 0.875 bits per heavy atom. The molecule has 0 saturated heterocycles. The summed E-state index contributed by atoms with van der Waals surface area (Å²) in [5, 5.41) is 0. The molecule has 0 aromatic heterocycles. The monoisotopic (exact) mass is 182 g/mol. The predicted molar refractivity (Wildman–Crippen MR) is 41.7 cm³/mol. The van der Waals surface area contributed by atoms with Crippen molar-refractivity contribution in [3.8, 4) is 0 Å². The molecule has 0 spiro atoms. The zero-order valence-corrected chi connectivity index (χ0v) is 7.68. The second-order valence-electron chi connectivity index (χ2n) is 2.23. The van der Waals surface area contributed by atoms with Gasteiger partial charge in [0.25, 0.3) is 0 Å². The Labute approximate surface area is 62.2 Å². The van der Waals surface area contributed by atoms with Crippen molar-refractivity contribution < 1.29 is 4.74 Å². The van der Waals surface area contributed by atoms with Crippen LogP contribution in [0.4, 0.5) is 0 Å². The lowest BCUT2D eigenvalue weighted by molar-refractivity contribution is 0.0300. The number of ether oxygens (including phenoxy) is 1. The van der Waals surface area contributed by atoms with Crippen LogP contribution in [-0.2, 0) is 4.74 Å². The Morgan fingerprint density at radius 3 is 1.12 bits per heavy atom. The molecule has 1 nitrogen and oxygen atoms in total. The summed E-state index contributed by atoms with van der Waals surface area (Å²) in [6.07, 6.45) is 0.750. The highest BCUT2D eigenvalue weighted by molar-refractivity contribution is 8.93. The lowest BCUT2D eigenvalue weighted by Gasteiger charge is -2.09. The van der Waals surface area contributed by atoms with Gasteiger partial charge in [0.2, 0.25) is 0 Å². The maximum atomic E-state index is 5.25. The molecule has 0 amide bonds. The van der Waals surface area contributed by atoms with Crippen molar-refractivity contribution in [2.24, 2.45) is 0 Å². The van der Waals surface area contributed by atoms with E-state index in [4.69, 9.17) is 4.74 Å². The summed E-state index contributed by atoms with van der Waals surface area (Å²) in [4.78, 5) is 0. The average molecular weight is 183 g/mol. The molecule has 0 aromatic carbocycles. The molecule has 0 aliphatic rings. The van der Waals surface area contributed by atoms with E-state index in [1.165, 1.54) is 0 Å². The molecule has 0 saturated carbocycles. The van der Waals surface area contributed by atoms with Crippen LogP contribution in [0.1, 0.15) is 27.7 Å². The van der Waals surface area contributed by atoms with E-state index >= 15 is 0 Å². The Balaban J connectivity index is 0. The molecule has 0 bridgehead atoms. The Morgan fingerprint density at radius 2 is 1.12 bits per heavy atom. The van der Waals surface area contributed by atoms with Gasteiger partial charge in [-0.1, -0.05) is 0 Å². The van der Waals surface area contributed by atoms with Crippen molar-refractivity contribution in [2.75, 3.05) is 0 Å². The minimum absolute atomic E-state index is 0. The third-order valence-electron chi connectivity index (χ3n) is 0.544. The van der Waals surface area contributed by atoms with E-state index in [1.807, 2.05) is 27.7 Å². The molecule has 52 valence electrons. The first-order valence-corrected chi connectivity index (χ1v) is 2.78. The van der Waals surface area contributed by atoms with Gasteiger partial charge in [-0.2, -0.15) is 0 Å². The van der Waals surface area contributed by atoms with Gasteiger partial charge >= 0.3 is 0 Å². The van der Waals surface area contributed by atoms with Gasteiger partial charge in [0, 0.05) is 0 Å². The SMILES string of the molecule is Br.CC(C)OC(C)C. The summed E-state index contributed by atoms with van der Waals surface area (Å²) in [5.41, 5.74) is 0. The van der Waals surface area contributed by atoms with Crippen molar-refractivity contribution in [3.05, 3.63) is 0 Å². The van der Waals surface area contributed by atoms with E-state index in [0.717, 1.165) is 0 Å². The van der Waals surface area contributed by atoms with Crippen LogP contribution in [0.25, 0.3) is 0 Å². The van der Waals surface area contributed by atoms with Crippen LogP contribution < -0.4 is 0 Å². The zero-order chi connectivity index (χ0) is 5.86. The van der Waals surface area contributed by atoms with Crippen LogP contribution in [0.3, 0.4) is 0 Å². The maximum absolute atomic E-state index is 5.25. The fraction of sp³-hybridized carbons (Fsp3) is 1.00. The first-order chi connectivity index (χ1) is 3.13. The van der Waals surface area contributed by atoms with Crippen molar-refractivity contribution in [3.63, 3.8) is 0 Å². The molecule has 0 rings (SSSR count). The van der Waals surface area contributed by atoms with Crippen molar-refractivity contribution >= 4 is 17.0 Å². The van der Waals surface area contributed by atoms with E-state index in [2.05, 4.69) is 0 Å². The smallest absolute Gasteiger partial charge is 0.0522 e. The summed E-state index contributed by atoms with van der Waals surface area (Å²) < 4.78 is 5.25. The van der Waals surface area contributed by atoms with E-state index in [-0.39, 0.29) is 17.0 Å². The zero-order valence-electron chi connectivity index (χ0n) is 5.97. The average Bonchev–Trinajstić information content (AvgIpc) is 1.27. The van der Waals surface area contributed by atoms with E-state index < -0.39 is 0 Å². The second-order valence-corrected chi connectivity index (χ2v) is 2.23. The van der Waals surface area contributed by atoms with Gasteiger partial charge in [-0.05, 0) is 27.7 Å². The van der Waals surface area contributed by atoms with E-state index in [9.17, 15) is 0 Å². The molecule has 0 aromatic rings. The Hall–Kier alpha value is 0.440. The molecule has 0 fully saturated rings. The molecular weight excluding hydrogens is 168 g/mol. The van der Waals surface area contributed by atoms with Crippen molar-refractivity contribution in [2.45, 2.75) is 39.9 Å². The first kappa shape index (κ1) is 11.3. The molecule has 0 heterocycles. The van der Waals surface area contributed by atoms with Crippen LogP contribution in [-0.4, -0.2) is 12.2 Å².